The third-order valence-corrected chi connectivity index (χ3v) is 2.45. The number of rotatable bonds is 2. The zero-order valence-electron chi connectivity index (χ0n) is 9.27. The molecule has 0 fully saturated rings. The first kappa shape index (κ1) is 12.3. The van der Waals surface area contributed by atoms with Crippen molar-refractivity contribution in [3.8, 4) is 11.3 Å². The number of benzene rings is 1. The van der Waals surface area contributed by atoms with Crippen molar-refractivity contribution in [1.82, 2.24) is 15.0 Å². The molecule has 0 bridgehead atoms. The van der Waals surface area contributed by atoms with Crippen LogP contribution in [-0.2, 0) is 13.2 Å². The Kier molecular flexibility index (Phi) is 2.90. The van der Waals surface area contributed by atoms with Gasteiger partial charge in [-0.05, 0) is 6.07 Å². The largest absolute Gasteiger partial charge is 0.417 e. The highest BCUT2D eigenvalue weighted by Gasteiger charge is 2.34. The molecule has 0 aliphatic heterocycles. The zero-order chi connectivity index (χ0) is 13.3. The lowest BCUT2D eigenvalue weighted by Crippen LogP contribution is -2.09. The van der Waals surface area contributed by atoms with Crippen LogP contribution in [0.15, 0.2) is 24.3 Å². The fourth-order valence-corrected chi connectivity index (χ4v) is 1.70. The van der Waals surface area contributed by atoms with E-state index in [1.807, 2.05) is 0 Å². The Morgan fingerprint density at radius 1 is 1.28 bits per heavy atom. The number of aldehydes is 1. The van der Waals surface area contributed by atoms with Gasteiger partial charge in [-0.2, -0.15) is 13.2 Å². The van der Waals surface area contributed by atoms with E-state index in [0.29, 0.717) is 6.29 Å². The van der Waals surface area contributed by atoms with Gasteiger partial charge < -0.3 is 0 Å². The molecule has 2 aromatic rings. The molecule has 0 N–H and O–H groups in total. The van der Waals surface area contributed by atoms with Gasteiger partial charge in [0, 0.05) is 12.6 Å². The second kappa shape index (κ2) is 4.25. The number of carbonyl (C=O) groups excluding carboxylic acids is 1. The molecule has 94 valence electrons. The van der Waals surface area contributed by atoms with Crippen LogP contribution < -0.4 is 0 Å². The molecule has 0 saturated carbocycles. The summed E-state index contributed by atoms with van der Waals surface area (Å²) in [5, 5.41) is 7.07. The van der Waals surface area contributed by atoms with Crippen LogP contribution in [0.4, 0.5) is 13.2 Å². The normalized spacial score (nSPS) is 11.6. The highest BCUT2D eigenvalue weighted by molar-refractivity contribution is 5.84. The van der Waals surface area contributed by atoms with Gasteiger partial charge in [0.2, 0.25) is 0 Å². The topological polar surface area (TPSA) is 47.8 Å². The molecule has 18 heavy (non-hydrogen) atoms. The van der Waals surface area contributed by atoms with Crippen molar-refractivity contribution in [2.75, 3.05) is 0 Å². The third-order valence-electron chi connectivity index (χ3n) is 2.45. The van der Waals surface area contributed by atoms with E-state index in [2.05, 4.69) is 10.3 Å². The Morgan fingerprint density at radius 2 is 1.94 bits per heavy atom. The van der Waals surface area contributed by atoms with E-state index in [1.54, 1.807) is 0 Å². The number of nitrogens with zero attached hydrogens (tertiary/aromatic N) is 3. The van der Waals surface area contributed by atoms with Crippen molar-refractivity contribution in [2.24, 2.45) is 7.05 Å². The summed E-state index contributed by atoms with van der Waals surface area (Å²) in [6, 6.07) is 4.99. The SMILES string of the molecule is Cn1nnc(C=O)c1-c1ccccc1C(F)(F)F. The molecule has 0 aliphatic carbocycles. The van der Waals surface area contributed by atoms with Gasteiger partial charge in [-0.15, -0.1) is 5.10 Å². The summed E-state index contributed by atoms with van der Waals surface area (Å²) in [7, 11) is 1.43. The van der Waals surface area contributed by atoms with Crippen molar-refractivity contribution < 1.29 is 18.0 Å². The maximum absolute atomic E-state index is 12.9. The third kappa shape index (κ3) is 1.99. The molecule has 7 heteroatoms. The molecule has 1 aromatic heterocycles. The lowest BCUT2D eigenvalue weighted by atomic mass is 10.0. The summed E-state index contributed by atoms with van der Waals surface area (Å²) in [6.45, 7) is 0. The van der Waals surface area contributed by atoms with Gasteiger partial charge in [-0.25, -0.2) is 4.68 Å². The fraction of sp³-hybridized carbons (Fsp3) is 0.182. The molecule has 0 aliphatic rings. The highest BCUT2D eigenvalue weighted by atomic mass is 19.4. The number of alkyl halides is 3. The van der Waals surface area contributed by atoms with E-state index in [1.165, 1.54) is 25.2 Å². The first-order valence-electron chi connectivity index (χ1n) is 4.96. The maximum atomic E-state index is 12.9. The van der Waals surface area contributed by atoms with Crippen molar-refractivity contribution >= 4 is 6.29 Å². The molecule has 0 atom stereocenters. The summed E-state index contributed by atoms with van der Waals surface area (Å²) in [5.74, 6) is 0. The quantitative estimate of drug-likeness (QED) is 0.774. The fourth-order valence-electron chi connectivity index (χ4n) is 1.70. The van der Waals surface area contributed by atoms with Gasteiger partial charge in [0.05, 0.1) is 11.3 Å². The van der Waals surface area contributed by atoms with Crippen LogP contribution in [0.5, 0.6) is 0 Å². The Labute approximate surface area is 100 Å². The highest BCUT2D eigenvalue weighted by Crippen LogP contribution is 2.37. The molecule has 0 unspecified atom stereocenters. The summed E-state index contributed by atoms with van der Waals surface area (Å²) >= 11 is 0. The number of halogens is 3. The molecule has 1 aromatic carbocycles. The Hall–Kier alpha value is -2.18. The number of hydrogen-bond acceptors (Lipinski definition) is 3. The minimum absolute atomic E-state index is 0.0536. The summed E-state index contributed by atoms with van der Waals surface area (Å²) < 4.78 is 39.8. The van der Waals surface area contributed by atoms with Crippen LogP contribution in [-0.4, -0.2) is 21.3 Å². The number of hydrogen-bond donors (Lipinski definition) is 0. The summed E-state index contributed by atoms with van der Waals surface area (Å²) in [4.78, 5) is 10.8. The number of aryl methyl sites for hydroxylation is 1. The molecule has 0 saturated heterocycles. The number of aromatic nitrogens is 3. The van der Waals surface area contributed by atoms with E-state index in [9.17, 15) is 18.0 Å². The second-order valence-corrected chi connectivity index (χ2v) is 3.61. The molecule has 0 spiro atoms. The van der Waals surface area contributed by atoms with E-state index in [-0.39, 0.29) is 17.0 Å². The maximum Gasteiger partial charge on any atom is 0.417 e. The van der Waals surface area contributed by atoms with Crippen molar-refractivity contribution in [3.63, 3.8) is 0 Å². The van der Waals surface area contributed by atoms with Gasteiger partial charge in [-0.1, -0.05) is 23.4 Å². The van der Waals surface area contributed by atoms with Crippen molar-refractivity contribution in [1.29, 1.82) is 0 Å². The van der Waals surface area contributed by atoms with Gasteiger partial charge in [0.25, 0.3) is 0 Å². The van der Waals surface area contributed by atoms with Gasteiger partial charge in [-0.3, -0.25) is 4.79 Å². The van der Waals surface area contributed by atoms with E-state index >= 15 is 0 Å². The van der Waals surface area contributed by atoms with Crippen LogP contribution in [0.2, 0.25) is 0 Å². The summed E-state index contributed by atoms with van der Waals surface area (Å²) in [5.41, 5.74) is -0.995. The zero-order valence-corrected chi connectivity index (χ0v) is 9.27. The van der Waals surface area contributed by atoms with Crippen LogP contribution in [0.3, 0.4) is 0 Å². The molecule has 0 amide bonds. The van der Waals surface area contributed by atoms with Crippen molar-refractivity contribution in [2.45, 2.75) is 6.18 Å². The van der Waals surface area contributed by atoms with Gasteiger partial charge >= 0.3 is 6.18 Å². The smallest absolute Gasteiger partial charge is 0.296 e. The second-order valence-electron chi connectivity index (χ2n) is 3.61. The molecule has 1 heterocycles. The standard InChI is InChI=1S/C11H8F3N3O/c1-17-10(9(6-18)15-16-17)7-4-2-3-5-8(7)11(12,13)14/h2-6H,1H3. The lowest BCUT2D eigenvalue weighted by molar-refractivity contribution is -0.137. The minimum atomic E-state index is -4.50. The molecule has 2 rings (SSSR count). The Morgan fingerprint density at radius 3 is 2.56 bits per heavy atom. The minimum Gasteiger partial charge on any atom is -0.296 e. The van der Waals surface area contributed by atoms with Crippen LogP contribution in [0.1, 0.15) is 16.1 Å². The average Bonchev–Trinajstić information content (AvgIpc) is 2.69. The molecule has 4 nitrogen and oxygen atoms in total. The lowest BCUT2D eigenvalue weighted by Gasteiger charge is -2.12. The monoisotopic (exact) mass is 255 g/mol. The van der Waals surface area contributed by atoms with Crippen LogP contribution >= 0.6 is 0 Å². The van der Waals surface area contributed by atoms with E-state index < -0.39 is 11.7 Å². The first-order valence-corrected chi connectivity index (χ1v) is 4.96. The molecular weight excluding hydrogens is 247 g/mol. The Balaban J connectivity index is 2.72. The van der Waals surface area contributed by atoms with Gasteiger partial charge in [0.15, 0.2) is 12.0 Å². The average molecular weight is 255 g/mol. The Bertz CT molecular complexity index is 589. The summed E-state index contributed by atoms with van der Waals surface area (Å²) in [6.07, 6.45) is -4.11. The predicted octanol–water partition coefficient (Wildman–Crippen LogP) is 2.31. The van der Waals surface area contributed by atoms with Crippen LogP contribution in [0, 0.1) is 0 Å². The number of carbonyl (C=O) groups is 1. The van der Waals surface area contributed by atoms with Crippen LogP contribution in [0.25, 0.3) is 11.3 Å². The van der Waals surface area contributed by atoms with E-state index in [4.69, 9.17) is 0 Å². The molecule has 0 radical (unpaired) electrons. The first-order chi connectivity index (χ1) is 8.45. The van der Waals surface area contributed by atoms with Gasteiger partial charge in [0.1, 0.15) is 0 Å². The predicted molar refractivity (Wildman–Crippen MR) is 56.8 cm³/mol. The van der Waals surface area contributed by atoms with Crippen molar-refractivity contribution in [3.05, 3.63) is 35.5 Å². The van der Waals surface area contributed by atoms with E-state index in [0.717, 1.165) is 10.7 Å². The molecular formula is C11H8F3N3O.